The van der Waals surface area contributed by atoms with Gasteiger partial charge in [0.2, 0.25) is 18.1 Å². The van der Waals surface area contributed by atoms with Crippen LogP contribution in [0.15, 0.2) is 5.16 Å². The van der Waals surface area contributed by atoms with Crippen molar-refractivity contribution < 1.29 is 19.2 Å². The third-order valence-electron chi connectivity index (χ3n) is 6.10. The lowest BCUT2D eigenvalue weighted by Gasteiger charge is -2.33. The number of thioether (sulfide) groups is 1. The van der Waals surface area contributed by atoms with Gasteiger partial charge in [0.1, 0.15) is 0 Å². The number of nitrogens with one attached hydrogen (secondary N) is 2. The van der Waals surface area contributed by atoms with Crippen molar-refractivity contribution in [2.45, 2.75) is 37.3 Å². The predicted octanol–water partition coefficient (Wildman–Crippen LogP) is 1.58. The molecule has 1 saturated carbocycles. The fourth-order valence-corrected chi connectivity index (χ4v) is 4.58. The van der Waals surface area contributed by atoms with Crippen LogP contribution in [-0.4, -0.2) is 83.5 Å². The standard InChI is InChI=1S/C20H32FN7O3S/c1-26-7-9-27(10-8-26)18-16(21)17(22-20(23-18)32-2)24-25-19(30)15(12-28(31)13-29)11-14-5-3-4-6-14/h13-15,31H,3-12H2,1-2H3,(H,25,30)(H,22,23,24)/t15-/m1/s1. The number of rotatable bonds is 10. The molecule has 0 bridgehead atoms. The van der Waals surface area contributed by atoms with Crippen molar-refractivity contribution in [3.8, 4) is 0 Å². The second kappa shape index (κ2) is 11.6. The van der Waals surface area contributed by atoms with Crippen LogP contribution in [0, 0.1) is 17.7 Å². The molecule has 1 aliphatic carbocycles. The topological polar surface area (TPSA) is 114 Å². The predicted molar refractivity (Wildman–Crippen MR) is 120 cm³/mol. The SMILES string of the molecule is CSc1nc(NNC(=O)[C@H](CC2CCCC2)CN(O)C=O)c(F)c(N2CCN(C)CC2)n1. The number of halogens is 1. The Morgan fingerprint density at radius 3 is 2.62 bits per heavy atom. The van der Waals surface area contributed by atoms with Gasteiger partial charge in [0, 0.05) is 26.2 Å². The van der Waals surface area contributed by atoms with Crippen molar-refractivity contribution in [3.05, 3.63) is 5.82 Å². The van der Waals surface area contributed by atoms with E-state index in [1.807, 2.05) is 11.9 Å². The molecule has 3 rings (SSSR count). The van der Waals surface area contributed by atoms with E-state index in [1.54, 1.807) is 6.26 Å². The minimum absolute atomic E-state index is 0.109. The monoisotopic (exact) mass is 469 g/mol. The van der Waals surface area contributed by atoms with Gasteiger partial charge in [-0.3, -0.25) is 25.6 Å². The summed E-state index contributed by atoms with van der Waals surface area (Å²) >= 11 is 1.29. The van der Waals surface area contributed by atoms with Crippen LogP contribution in [0.5, 0.6) is 0 Å². The summed E-state index contributed by atoms with van der Waals surface area (Å²) in [5.74, 6) is -1.21. The Kier molecular flexibility index (Phi) is 8.88. The fourth-order valence-electron chi connectivity index (χ4n) is 4.22. The van der Waals surface area contributed by atoms with Gasteiger partial charge in [-0.25, -0.2) is 15.0 Å². The first-order chi connectivity index (χ1) is 15.4. The lowest BCUT2D eigenvalue weighted by atomic mass is 9.92. The van der Waals surface area contributed by atoms with E-state index in [-0.39, 0.29) is 24.6 Å². The molecular weight excluding hydrogens is 437 g/mol. The summed E-state index contributed by atoms with van der Waals surface area (Å²) in [6.07, 6.45) is 6.91. The smallest absolute Gasteiger partial charge is 0.243 e. The number of hydrazine groups is 1. The average molecular weight is 470 g/mol. The van der Waals surface area contributed by atoms with Crippen molar-refractivity contribution in [2.24, 2.45) is 11.8 Å². The number of likely N-dealkylation sites (N-methyl/N-ethyl adjacent to an activating group) is 1. The van der Waals surface area contributed by atoms with E-state index in [1.165, 1.54) is 11.8 Å². The van der Waals surface area contributed by atoms with E-state index in [0.717, 1.165) is 38.8 Å². The number of anilines is 2. The Hall–Kier alpha value is -2.18. The zero-order valence-corrected chi connectivity index (χ0v) is 19.4. The van der Waals surface area contributed by atoms with Gasteiger partial charge in [0.15, 0.2) is 16.8 Å². The minimum atomic E-state index is -0.628. The highest BCUT2D eigenvalue weighted by Gasteiger charge is 2.28. The summed E-state index contributed by atoms with van der Waals surface area (Å²) in [7, 11) is 2.02. The Morgan fingerprint density at radius 1 is 1.31 bits per heavy atom. The number of carbonyl (C=O) groups is 2. The average Bonchev–Trinajstić information content (AvgIpc) is 3.31. The van der Waals surface area contributed by atoms with E-state index in [0.29, 0.717) is 35.6 Å². The molecule has 178 valence electrons. The van der Waals surface area contributed by atoms with Crippen LogP contribution in [0.1, 0.15) is 32.1 Å². The van der Waals surface area contributed by atoms with Gasteiger partial charge < -0.3 is 9.80 Å². The van der Waals surface area contributed by atoms with Crippen molar-refractivity contribution in [2.75, 3.05) is 56.4 Å². The van der Waals surface area contributed by atoms with Crippen molar-refractivity contribution in [3.63, 3.8) is 0 Å². The van der Waals surface area contributed by atoms with Gasteiger partial charge in [-0.15, -0.1) is 0 Å². The molecule has 12 heteroatoms. The second-order valence-electron chi connectivity index (χ2n) is 8.41. The number of piperazine rings is 1. The highest BCUT2D eigenvalue weighted by Crippen LogP contribution is 2.31. The van der Waals surface area contributed by atoms with Crippen LogP contribution in [-0.2, 0) is 9.59 Å². The van der Waals surface area contributed by atoms with Crippen LogP contribution in [0.25, 0.3) is 0 Å². The molecule has 2 heterocycles. The number of amides is 2. The van der Waals surface area contributed by atoms with Crippen LogP contribution in [0.3, 0.4) is 0 Å². The number of nitrogens with zero attached hydrogens (tertiary/aromatic N) is 5. The van der Waals surface area contributed by atoms with E-state index < -0.39 is 17.6 Å². The van der Waals surface area contributed by atoms with Crippen molar-refractivity contribution in [1.29, 1.82) is 0 Å². The van der Waals surface area contributed by atoms with Crippen LogP contribution < -0.4 is 15.8 Å². The summed E-state index contributed by atoms with van der Waals surface area (Å²) in [5, 5.41) is 10.5. The first kappa shape index (κ1) is 24.5. The Morgan fingerprint density at radius 2 is 2.00 bits per heavy atom. The third kappa shape index (κ3) is 6.42. The fraction of sp³-hybridized carbons (Fsp3) is 0.700. The minimum Gasteiger partial charge on any atom is -0.351 e. The molecule has 0 unspecified atom stereocenters. The summed E-state index contributed by atoms with van der Waals surface area (Å²) in [4.78, 5) is 36.2. The lowest BCUT2D eigenvalue weighted by Crippen LogP contribution is -2.45. The van der Waals surface area contributed by atoms with E-state index in [4.69, 9.17) is 0 Å². The molecule has 3 N–H and O–H groups in total. The largest absolute Gasteiger partial charge is 0.351 e. The highest BCUT2D eigenvalue weighted by atomic mass is 32.2. The Labute approximate surface area is 191 Å². The third-order valence-corrected chi connectivity index (χ3v) is 6.64. The van der Waals surface area contributed by atoms with Gasteiger partial charge in [-0.2, -0.15) is 4.39 Å². The molecular formula is C20H32FN7O3S. The van der Waals surface area contributed by atoms with E-state index >= 15 is 4.39 Å². The molecule has 1 atom stereocenters. The van der Waals surface area contributed by atoms with Crippen LogP contribution in [0.4, 0.5) is 16.0 Å². The van der Waals surface area contributed by atoms with Crippen LogP contribution >= 0.6 is 11.8 Å². The summed E-state index contributed by atoms with van der Waals surface area (Å²) in [5.41, 5.74) is 5.13. The second-order valence-corrected chi connectivity index (χ2v) is 9.19. The molecule has 2 aliphatic rings. The van der Waals surface area contributed by atoms with Gasteiger partial charge in [0.25, 0.3) is 0 Å². The van der Waals surface area contributed by atoms with Gasteiger partial charge in [-0.1, -0.05) is 37.4 Å². The summed E-state index contributed by atoms with van der Waals surface area (Å²) in [6.45, 7) is 2.77. The molecule has 0 aromatic carbocycles. The van der Waals surface area contributed by atoms with Crippen molar-refractivity contribution >= 4 is 35.7 Å². The van der Waals surface area contributed by atoms with E-state index in [2.05, 4.69) is 25.7 Å². The molecule has 1 aromatic heterocycles. The lowest BCUT2D eigenvalue weighted by molar-refractivity contribution is -0.154. The first-order valence-electron chi connectivity index (χ1n) is 10.9. The van der Waals surface area contributed by atoms with Crippen molar-refractivity contribution in [1.82, 2.24) is 25.4 Å². The Bertz CT molecular complexity index is 789. The number of aromatic nitrogens is 2. The number of hydroxylamine groups is 2. The zero-order chi connectivity index (χ0) is 23.1. The summed E-state index contributed by atoms with van der Waals surface area (Å²) in [6, 6.07) is 0. The molecule has 0 radical (unpaired) electrons. The van der Waals surface area contributed by atoms with Gasteiger partial charge in [0.05, 0.1) is 12.5 Å². The normalized spacial score (nSPS) is 18.4. The van der Waals surface area contributed by atoms with E-state index in [9.17, 15) is 14.8 Å². The molecule has 32 heavy (non-hydrogen) atoms. The maximum absolute atomic E-state index is 15.2. The maximum atomic E-state index is 15.2. The number of carbonyl (C=O) groups excluding carboxylic acids is 2. The number of hydrogen-bond donors (Lipinski definition) is 3. The molecule has 0 spiro atoms. The molecule has 1 aromatic rings. The van der Waals surface area contributed by atoms with Gasteiger partial charge in [-0.05, 0) is 25.6 Å². The number of hydrogen-bond acceptors (Lipinski definition) is 9. The molecule has 10 nitrogen and oxygen atoms in total. The molecule has 2 fully saturated rings. The summed E-state index contributed by atoms with van der Waals surface area (Å²) < 4.78 is 15.2. The van der Waals surface area contributed by atoms with Crippen LogP contribution in [0.2, 0.25) is 0 Å². The molecule has 1 aliphatic heterocycles. The quantitative estimate of drug-likeness (QED) is 0.154. The molecule has 1 saturated heterocycles. The van der Waals surface area contributed by atoms with Gasteiger partial charge >= 0.3 is 0 Å². The zero-order valence-electron chi connectivity index (χ0n) is 18.6. The first-order valence-corrected chi connectivity index (χ1v) is 12.2. The molecule has 2 amide bonds. The maximum Gasteiger partial charge on any atom is 0.243 e. The highest BCUT2D eigenvalue weighted by molar-refractivity contribution is 7.98. The Balaban J connectivity index is 1.70.